The maximum atomic E-state index is 6.07. The summed E-state index contributed by atoms with van der Waals surface area (Å²) in [5.41, 5.74) is 6.07. The summed E-state index contributed by atoms with van der Waals surface area (Å²) in [5.74, 6) is 1.91. The summed E-state index contributed by atoms with van der Waals surface area (Å²) >= 11 is 0. The molecule has 0 spiro atoms. The van der Waals surface area contributed by atoms with Gasteiger partial charge in [-0.05, 0) is 57.0 Å². The van der Waals surface area contributed by atoms with Gasteiger partial charge >= 0.3 is 0 Å². The molecule has 0 aromatic rings. The van der Waals surface area contributed by atoms with Gasteiger partial charge in [0.25, 0.3) is 0 Å². The summed E-state index contributed by atoms with van der Waals surface area (Å²) in [4.78, 5) is 2.70. The molecule has 1 heterocycles. The van der Waals surface area contributed by atoms with E-state index < -0.39 is 0 Å². The molecule has 2 atom stereocenters. The third kappa shape index (κ3) is 4.26. The number of hydrogen-bond donors (Lipinski definition) is 1. The standard InChI is InChI=1S/C15H30N2/c1-2-4-13-7-9-17(10-8-13)12-14-5-3-6-15(16)11-14/h13-15H,2-12,16H2,1H3. The van der Waals surface area contributed by atoms with Gasteiger partial charge in [-0.15, -0.1) is 0 Å². The van der Waals surface area contributed by atoms with E-state index in [4.69, 9.17) is 5.73 Å². The molecule has 0 aromatic heterocycles. The molecule has 17 heavy (non-hydrogen) atoms. The summed E-state index contributed by atoms with van der Waals surface area (Å²) in [6.07, 6.45) is 11.0. The first-order valence-electron chi connectivity index (χ1n) is 7.76. The van der Waals surface area contributed by atoms with Crippen molar-refractivity contribution in [1.29, 1.82) is 0 Å². The highest BCUT2D eigenvalue weighted by Crippen LogP contribution is 2.27. The van der Waals surface area contributed by atoms with Gasteiger partial charge in [-0.25, -0.2) is 0 Å². The molecular weight excluding hydrogens is 208 g/mol. The molecule has 100 valence electrons. The summed E-state index contributed by atoms with van der Waals surface area (Å²) < 4.78 is 0. The van der Waals surface area contributed by atoms with Crippen LogP contribution in [0, 0.1) is 11.8 Å². The Kier molecular flexibility index (Phi) is 5.30. The number of piperidine rings is 1. The van der Waals surface area contributed by atoms with E-state index >= 15 is 0 Å². The van der Waals surface area contributed by atoms with Crippen LogP contribution >= 0.6 is 0 Å². The minimum absolute atomic E-state index is 0.492. The second kappa shape index (κ2) is 6.75. The molecule has 1 aliphatic carbocycles. The first-order chi connectivity index (χ1) is 8.28. The van der Waals surface area contributed by atoms with Crippen molar-refractivity contribution >= 4 is 0 Å². The lowest BCUT2D eigenvalue weighted by Crippen LogP contribution is -2.40. The molecule has 0 amide bonds. The van der Waals surface area contributed by atoms with Gasteiger partial charge < -0.3 is 10.6 Å². The van der Waals surface area contributed by atoms with Crippen LogP contribution in [-0.4, -0.2) is 30.6 Å². The quantitative estimate of drug-likeness (QED) is 0.816. The number of nitrogens with two attached hydrogens (primary N) is 1. The SMILES string of the molecule is CCCC1CCN(CC2CCCC(N)C2)CC1. The Labute approximate surface area is 107 Å². The van der Waals surface area contributed by atoms with Crippen molar-refractivity contribution in [2.24, 2.45) is 17.6 Å². The van der Waals surface area contributed by atoms with Crippen LogP contribution in [0.3, 0.4) is 0 Å². The second-order valence-electron chi connectivity index (χ2n) is 6.33. The lowest BCUT2D eigenvalue weighted by atomic mass is 9.85. The predicted molar refractivity (Wildman–Crippen MR) is 74.0 cm³/mol. The van der Waals surface area contributed by atoms with Gasteiger partial charge in [0.1, 0.15) is 0 Å². The van der Waals surface area contributed by atoms with Crippen LogP contribution in [-0.2, 0) is 0 Å². The van der Waals surface area contributed by atoms with Crippen LogP contribution in [0.2, 0.25) is 0 Å². The van der Waals surface area contributed by atoms with Gasteiger partial charge in [-0.3, -0.25) is 0 Å². The zero-order valence-electron chi connectivity index (χ0n) is 11.5. The van der Waals surface area contributed by atoms with Crippen molar-refractivity contribution in [2.45, 2.75) is 64.3 Å². The summed E-state index contributed by atoms with van der Waals surface area (Å²) in [7, 11) is 0. The average molecular weight is 238 g/mol. The highest BCUT2D eigenvalue weighted by atomic mass is 15.1. The Morgan fingerprint density at radius 2 is 1.82 bits per heavy atom. The van der Waals surface area contributed by atoms with E-state index in [9.17, 15) is 0 Å². The van der Waals surface area contributed by atoms with Crippen LogP contribution in [0.4, 0.5) is 0 Å². The van der Waals surface area contributed by atoms with Gasteiger partial charge in [0.15, 0.2) is 0 Å². The first kappa shape index (κ1) is 13.4. The van der Waals surface area contributed by atoms with Gasteiger partial charge in [0.2, 0.25) is 0 Å². The normalized spacial score (nSPS) is 32.8. The topological polar surface area (TPSA) is 29.3 Å². The molecule has 2 aliphatic rings. The van der Waals surface area contributed by atoms with Gasteiger partial charge in [0, 0.05) is 12.6 Å². The zero-order chi connectivity index (χ0) is 12.1. The Hall–Kier alpha value is -0.0800. The molecule has 2 fully saturated rings. The minimum atomic E-state index is 0.492. The van der Waals surface area contributed by atoms with Crippen molar-refractivity contribution in [1.82, 2.24) is 4.90 Å². The van der Waals surface area contributed by atoms with Crippen molar-refractivity contribution in [3.05, 3.63) is 0 Å². The van der Waals surface area contributed by atoms with E-state index in [1.54, 1.807) is 0 Å². The average Bonchev–Trinajstić information content (AvgIpc) is 2.32. The van der Waals surface area contributed by atoms with Gasteiger partial charge in [-0.1, -0.05) is 26.2 Å². The molecule has 1 aliphatic heterocycles. The van der Waals surface area contributed by atoms with Crippen LogP contribution in [0.1, 0.15) is 58.3 Å². The Morgan fingerprint density at radius 1 is 1.06 bits per heavy atom. The van der Waals surface area contributed by atoms with Crippen LogP contribution in [0.25, 0.3) is 0 Å². The molecule has 0 aromatic carbocycles. The van der Waals surface area contributed by atoms with E-state index in [-0.39, 0.29) is 0 Å². The summed E-state index contributed by atoms with van der Waals surface area (Å²) in [6.45, 7) is 6.33. The van der Waals surface area contributed by atoms with E-state index in [1.165, 1.54) is 71.0 Å². The highest BCUT2D eigenvalue weighted by molar-refractivity contribution is 4.80. The van der Waals surface area contributed by atoms with E-state index in [0.29, 0.717) is 6.04 Å². The van der Waals surface area contributed by atoms with Crippen LogP contribution in [0.15, 0.2) is 0 Å². The Bertz CT molecular complexity index is 209. The van der Waals surface area contributed by atoms with E-state index in [2.05, 4.69) is 11.8 Å². The van der Waals surface area contributed by atoms with E-state index in [0.717, 1.165) is 11.8 Å². The number of hydrogen-bond acceptors (Lipinski definition) is 2. The molecule has 0 bridgehead atoms. The van der Waals surface area contributed by atoms with Crippen molar-refractivity contribution in [3.63, 3.8) is 0 Å². The van der Waals surface area contributed by atoms with Crippen molar-refractivity contribution in [3.8, 4) is 0 Å². The van der Waals surface area contributed by atoms with Crippen LogP contribution < -0.4 is 5.73 Å². The molecule has 1 saturated heterocycles. The second-order valence-corrected chi connectivity index (χ2v) is 6.33. The molecule has 2 nitrogen and oxygen atoms in total. The van der Waals surface area contributed by atoms with Crippen LogP contribution in [0.5, 0.6) is 0 Å². The maximum Gasteiger partial charge on any atom is 0.00419 e. The van der Waals surface area contributed by atoms with E-state index in [1.807, 2.05) is 0 Å². The van der Waals surface area contributed by atoms with Crippen molar-refractivity contribution in [2.75, 3.05) is 19.6 Å². The molecule has 2 heteroatoms. The maximum absolute atomic E-state index is 6.07. The third-order valence-electron chi connectivity index (χ3n) is 4.74. The smallest absolute Gasteiger partial charge is 0.00419 e. The summed E-state index contributed by atoms with van der Waals surface area (Å²) in [6, 6.07) is 0.492. The molecule has 2 N–H and O–H groups in total. The Balaban J connectivity index is 1.67. The molecule has 1 saturated carbocycles. The summed E-state index contributed by atoms with van der Waals surface area (Å²) in [5, 5.41) is 0. The largest absolute Gasteiger partial charge is 0.328 e. The van der Waals surface area contributed by atoms with Crippen molar-refractivity contribution < 1.29 is 0 Å². The lowest BCUT2D eigenvalue weighted by molar-refractivity contribution is 0.138. The minimum Gasteiger partial charge on any atom is -0.328 e. The highest BCUT2D eigenvalue weighted by Gasteiger charge is 2.24. The molecule has 2 unspecified atom stereocenters. The fourth-order valence-electron chi connectivity index (χ4n) is 3.73. The van der Waals surface area contributed by atoms with Gasteiger partial charge in [-0.2, -0.15) is 0 Å². The number of likely N-dealkylation sites (tertiary alicyclic amines) is 1. The fourth-order valence-corrected chi connectivity index (χ4v) is 3.73. The number of rotatable bonds is 4. The zero-order valence-corrected chi connectivity index (χ0v) is 11.5. The fraction of sp³-hybridized carbons (Fsp3) is 1.00. The molecule has 0 radical (unpaired) electrons. The predicted octanol–water partition coefficient (Wildman–Crippen LogP) is 3.02. The first-order valence-corrected chi connectivity index (χ1v) is 7.76. The monoisotopic (exact) mass is 238 g/mol. The molecule has 2 rings (SSSR count). The number of nitrogens with zero attached hydrogens (tertiary/aromatic N) is 1. The van der Waals surface area contributed by atoms with Gasteiger partial charge in [0.05, 0.1) is 0 Å². The third-order valence-corrected chi connectivity index (χ3v) is 4.74. The Morgan fingerprint density at radius 3 is 2.47 bits per heavy atom. The lowest BCUT2D eigenvalue weighted by Gasteiger charge is -2.36. The molecular formula is C15H30N2.